The maximum absolute atomic E-state index is 12.5. The molecule has 1 aliphatic heterocycles. The van der Waals surface area contributed by atoms with Crippen molar-refractivity contribution in [1.82, 2.24) is 4.90 Å². The first-order valence-electron chi connectivity index (χ1n) is 7.67. The molecule has 0 saturated carbocycles. The molecule has 2 rings (SSSR count). The van der Waals surface area contributed by atoms with Gasteiger partial charge in [-0.3, -0.25) is 0 Å². The van der Waals surface area contributed by atoms with Crippen LogP contribution in [0.3, 0.4) is 0 Å². The van der Waals surface area contributed by atoms with Gasteiger partial charge in [-0.25, -0.2) is 4.79 Å². The molecule has 0 spiro atoms. The van der Waals surface area contributed by atoms with Gasteiger partial charge in [-0.2, -0.15) is 13.2 Å². The van der Waals surface area contributed by atoms with Crippen LogP contribution in [0.25, 0.3) is 0 Å². The van der Waals surface area contributed by atoms with Gasteiger partial charge in [0.2, 0.25) is 0 Å². The van der Waals surface area contributed by atoms with E-state index >= 15 is 0 Å². The van der Waals surface area contributed by atoms with E-state index in [1.54, 1.807) is 7.05 Å². The first kappa shape index (κ1) is 17.6. The third-order valence-corrected chi connectivity index (χ3v) is 3.85. The maximum Gasteiger partial charge on any atom is 0.416 e. The minimum absolute atomic E-state index is 0.293. The molecule has 0 aromatic heterocycles. The molecule has 1 saturated heterocycles. The number of halogens is 3. The normalized spacial score (nSPS) is 18.0. The van der Waals surface area contributed by atoms with Crippen molar-refractivity contribution >= 4 is 11.7 Å². The molecule has 1 heterocycles. The third-order valence-electron chi connectivity index (χ3n) is 3.85. The first-order chi connectivity index (χ1) is 10.9. The Kier molecular flexibility index (Phi) is 5.87. The highest BCUT2D eigenvalue weighted by Crippen LogP contribution is 2.29. The van der Waals surface area contributed by atoms with E-state index in [-0.39, 0.29) is 6.03 Å². The van der Waals surface area contributed by atoms with Gasteiger partial charge in [-0.15, -0.1) is 0 Å². The molecule has 4 nitrogen and oxygen atoms in total. The van der Waals surface area contributed by atoms with Gasteiger partial charge in [0.15, 0.2) is 0 Å². The lowest BCUT2D eigenvalue weighted by atomic mass is 10.1. The molecule has 1 atom stereocenters. The quantitative estimate of drug-likeness (QED) is 0.882. The summed E-state index contributed by atoms with van der Waals surface area (Å²) in [5.41, 5.74) is -0.394. The van der Waals surface area contributed by atoms with E-state index < -0.39 is 11.7 Å². The summed E-state index contributed by atoms with van der Waals surface area (Å²) < 4.78 is 42.9. The zero-order valence-electron chi connectivity index (χ0n) is 13.0. The predicted octanol–water partition coefficient (Wildman–Crippen LogP) is 4.13. The van der Waals surface area contributed by atoms with Gasteiger partial charge in [0.25, 0.3) is 0 Å². The molecule has 23 heavy (non-hydrogen) atoms. The number of benzene rings is 1. The Morgan fingerprint density at radius 2 is 2.04 bits per heavy atom. The van der Waals surface area contributed by atoms with Crippen LogP contribution >= 0.6 is 0 Å². The van der Waals surface area contributed by atoms with Crippen molar-refractivity contribution in [3.63, 3.8) is 0 Å². The second kappa shape index (κ2) is 7.68. The summed E-state index contributed by atoms with van der Waals surface area (Å²) >= 11 is 0. The van der Waals surface area contributed by atoms with Crippen molar-refractivity contribution in [3.05, 3.63) is 29.8 Å². The third kappa shape index (κ3) is 5.42. The summed E-state index contributed by atoms with van der Waals surface area (Å²) in [6.07, 6.45) is -0.168. The van der Waals surface area contributed by atoms with Crippen molar-refractivity contribution in [2.45, 2.75) is 38.0 Å². The number of urea groups is 1. The smallest absolute Gasteiger partial charge is 0.378 e. The minimum atomic E-state index is -4.37. The van der Waals surface area contributed by atoms with Gasteiger partial charge >= 0.3 is 12.2 Å². The maximum atomic E-state index is 12.5. The van der Waals surface area contributed by atoms with Crippen molar-refractivity contribution in [1.29, 1.82) is 0 Å². The van der Waals surface area contributed by atoms with E-state index in [1.165, 1.54) is 17.0 Å². The Balaban J connectivity index is 1.76. The highest BCUT2D eigenvalue weighted by atomic mass is 19.4. The van der Waals surface area contributed by atoms with Crippen LogP contribution in [0.15, 0.2) is 24.3 Å². The molecule has 1 aromatic rings. The molecular weight excluding hydrogens is 309 g/mol. The number of carbonyl (C=O) groups excluding carboxylic acids is 1. The first-order valence-corrected chi connectivity index (χ1v) is 7.67. The van der Waals surface area contributed by atoms with Crippen molar-refractivity contribution in [3.8, 4) is 0 Å². The molecular formula is C16H21F3N2O2. The molecule has 1 unspecified atom stereocenters. The Morgan fingerprint density at radius 1 is 1.35 bits per heavy atom. The lowest BCUT2D eigenvalue weighted by molar-refractivity contribution is -0.137. The highest BCUT2D eigenvalue weighted by Gasteiger charge is 2.30. The van der Waals surface area contributed by atoms with E-state index in [0.717, 1.165) is 44.4 Å². The average Bonchev–Trinajstić information content (AvgIpc) is 3.00. The molecule has 128 valence electrons. The topological polar surface area (TPSA) is 41.6 Å². The Morgan fingerprint density at radius 3 is 2.61 bits per heavy atom. The summed E-state index contributed by atoms with van der Waals surface area (Å²) in [4.78, 5) is 13.5. The lowest BCUT2D eigenvalue weighted by Gasteiger charge is -2.19. The van der Waals surface area contributed by atoms with Crippen molar-refractivity contribution in [2.75, 3.05) is 25.5 Å². The van der Waals surface area contributed by atoms with E-state index in [9.17, 15) is 18.0 Å². The number of carbonyl (C=O) groups is 1. The van der Waals surface area contributed by atoms with Gasteiger partial charge in [0.05, 0.1) is 11.7 Å². The molecule has 2 amide bonds. The zero-order chi connectivity index (χ0) is 16.9. The number of hydrogen-bond acceptors (Lipinski definition) is 2. The largest absolute Gasteiger partial charge is 0.416 e. The average molecular weight is 330 g/mol. The van der Waals surface area contributed by atoms with Crippen LogP contribution < -0.4 is 5.32 Å². The van der Waals surface area contributed by atoms with Gasteiger partial charge in [-0.1, -0.05) is 0 Å². The number of alkyl halides is 3. The summed E-state index contributed by atoms with van der Waals surface area (Å²) in [5, 5.41) is 2.59. The molecule has 1 aliphatic rings. The Bertz CT molecular complexity index is 511. The molecule has 1 N–H and O–H groups in total. The molecule has 1 aromatic carbocycles. The van der Waals surface area contributed by atoms with Crippen molar-refractivity contribution < 1.29 is 22.7 Å². The van der Waals surface area contributed by atoms with Crippen LogP contribution in [0.1, 0.15) is 31.2 Å². The van der Waals surface area contributed by atoms with Gasteiger partial charge in [0.1, 0.15) is 0 Å². The summed E-state index contributed by atoms with van der Waals surface area (Å²) in [7, 11) is 1.66. The fourth-order valence-electron chi connectivity index (χ4n) is 2.49. The fourth-order valence-corrected chi connectivity index (χ4v) is 2.49. The molecule has 0 bridgehead atoms. The Labute approximate surface area is 133 Å². The number of nitrogens with zero attached hydrogens (tertiary/aromatic N) is 1. The van der Waals surface area contributed by atoms with Crippen LogP contribution in [0, 0.1) is 0 Å². The van der Waals surface area contributed by atoms with Crippen LogP contribution in [0.4, 0.5) is 23.7 Å². The molecule has 7 heteroatoms. The fraction of sp³-hybridized carbons (Fsp3) is 0.562. The Hall–Kier alpha value is -1.76. The van der Waals surface area contributed by atoms with Crippen LogP contribution in [0.5, 0.6) is 0 Å². The van der Waals surface area contributed by atoms with Gasteiger partial charge < -0.3 is 15.0 Å². The number of amides is 2. The number of hydrogen-bond donors (Lipinski definition) is 1. The summed E-state index contributed by atoms with van der Waals surface area (Å²) in [6.45, 7) is 1.39. The monoisotopic (exact) mass is 330 g/mol. The minimum Gasteiger partial charge on any atom is -0.378 e. The van der Waals surface area contributed by atoms with Crippen molar-refractivity contribution in [2.24, 2.45) is 0 Å². The zero-order valence-corrected chi connectivity index (χ0v) is 13.0. The molecule has 0 radical (unpaired) electrons. The van der Waals surface area contributed by atoms with E-state index in [4.69, 9.17) is 4.74 Å². The van der Waals surface area contributed by atoms with Gasteiger partial charge in [0, 0.05) is 25.9 Å². The van der Waals surface area contributed by atoms with Gasteiger partial charge in [-0.05, 0) is 49.9 Å². The standard InChI is InChI=1S/C16H21F3N2O2/c1-21(10-2-4-14-5-3-11-23-14)15(22)20-13-8-6-12(7-9-13)16(17,18)19/h6-9,14H,2-5,10-11H2,1H3,(H,20,22). The summed E-state index contributed by atoms with van der Waals surface area (Å²) in [6, 6.07) is 4.07. The van der Waals surface area contributed by atoms with E-state index in [0.29, 0.717) is 18.3 Å². The van der Waals surface area contributed by atoms with Crippen LogP contribution in [-0.4, -0.2) is 37.2 Å². The second-order valence-corrected chi connectivity index (χ2v) is 5.70. The highest BCUT2D eigenvalue weighted by molar-refractivity contribution is 5.89. The van der Waals surface area contributed by atoms with Crippen LogP contribution in [-0.2, 0) is 10.9 Å². The van der Waals surface area contributed by atoms with E-state index in [1.807, 2.05) is 0 Å². The predicted molar refractivity (Wildman–Crippen MR) is 81.3 cm³/mol. The summed E-state index contributed by atoms with van der Waals surface area (Å²) in [5.74, 6) is 0. The number of rotatable bonds is 5. The molecule has 1 fully saturated rings. The lowest BCUT2D eigenvalue weighted by Crippen LogP contribution is -2.32. The number of anilines is 1. The number of nitrogens with one attached hydrogen (secondary N) is 1. The second-order valence-electron chi connectivity index (χ2n) is 5.70. The van der Waals surface area contributed by atoms with E-state index in [2.05, 4.69) is 5.32 Å². The van der Waals surface area contributed by atoms with Crippen LogP contribution in [0.2, 0.25) is 0 Å². The molecule has 0 aliphatic carbocycles. The SMILES string of the molecule is CN(CCCC1CCCO1)C(=O)Nc1ccc(C(F)(F)F)cc1. The number of ether oxygens (including phenoxy) is 1.